The summed E-state index contributed by atoms with van der Waals surface area (Å²) in [5.41, 5.74) is 2.59. The Labute approximate surface area is 400 Å². The van der Waals surface area contributed by atoms with Gasteiger partial charge in [0.15, 0.2) is 12.4 Å². The van der Waals surface area contributed by atoms with E-state index in [-0.39, 0.29) is 103 Å². The number of amides is 3. The van der Waals surface area contributed by atoms with Crippen molar-refractivity contribution in [3.05, 3.63) is 110 Å². The molecule has 0 bridgehead atoms. The molecular formula is C50H50N8O12. The van der Waals surface area contributed by atoms with E-state index in [4.69, 9.17) is 19.2 Å². The van der Waals surface area contributed by atoms with Gasteiger partial charge in [0.2, 0.25) is 11.4 Å². The number of ether oxygens (including phenoxy) is 3. The highest BCUT2D eigenvalue weighted by molar-refractivity contribution is 5.96. The van der Waals surface area contributed by atoms with Crippen LogP contribution in [0.2, 0.25) is 0 Å². The highest BCUT2D eigenvalue weighted by atomic mass is 16.7. The quantitative estimate of drug-likeness (QED) is 0.124. The van der Waals surface area contributed by atoms with E-state index in [1.54, 1.807) is 71.8 Å². The Balaban J connectivity index is 0.861. The maximum atomic E-state index is 14.1. The van der Waals surface area contributed by atoms with Gasteiger partial charge in [0, 0.05) is 66.6 Å². The number of esters is 1. The van der Waals surface area contributed by atoms with Gasteiger partial charge in [0.25, 0.3) is 23.3 Å². The number of pyridine rings is 2. The van der Waals surface area contributed by atoms with Crippen LogP contribution in [0.4, 0.5) is 4.79 Å². The van der Waals surface area contributed by atoms with Crippen molar-refractivity contribution < 1.29 is 53.5 Å². The van der Waals surface area contributed by atoms with Crippen molar-refractivity contribution in [1.29, 1.82) is 0 Å². The first-order valence-electron chi connectivity index (χ1n) is 23.0. The first-order chi connectivity index (χ1) is 33.6. The van der Waals surface area contributed by atoms with Crippen LogP contribution in [0, 0.1) is 0 Å². The van der Waals surface area contributed by atoms with Gasteiger partial charge in [-0.15, -0.1) is 10.2 Å². The second-order valence-electron chi connectivity index (χ2n) is 17.5. The molecule has 1 atom stereocenters. The summed E-state index contributed by atoms with van der Waals surface area (Å²) in [5.74, 6) is -2.61. The summed E-state index contributed by atoms with van der Waals surface area (Å²) in [6, 6.07) is 15.7. The molecule has 20 heteroatoms. The molecular weight excluding hydrogens is 905 g/mol. The Bertz CT molecular complexity index is 3210. The molecule has 1 saturated heterocycles. The standard InChI is InChI=1S/C50H50N8O12/c1-6-30-32-19-29(59)13-14-37(32)52-42-34(30)23-57-38(42)21-36-35(47(57)65)24-68-48(66)50(36,7-2)70-49(67)69-25-41(62)55-15-17-56(18-16-55)46(64)27-9-11-28(12-10-27)58-43(53-54-44(58)45(63)51-8-3)33-20-31(26(4)5)39(60)22-40(33)61/h9-14,19-22,26,59-61H,6-8,15-18,23-25H2,1-5H3,(H,51,63). The van der Waals surface area contributed by atoms with E-state index in [1.165, 1.54) is 21.6 Å². The van der Waals surface area contributed by atoms with E-state index in [1.807, 2.05) is 20.8 Å². The van der Waals surface area contributed by atoms with Gasteiger partial charge in [0.1, 0.15) is 23.9 Å². The molecule has 1 fully saturated rings. The zero-order chi connectivity index (χ0) is 49.8. The molecule has 0 aliphatic carbocycles. The third-order valence-electron chi connectivity index (χ3n) is 13.2. The molecule has 362 valence electrons. The maximum absolute atomic E-state index is 14.1. The van der Waals surface area contributed by atoms with Crippen molar-refractivity contribution in [2.24, 2.45) is 0 Å². The summed E-state index contributed by atoms with van der Waals surface area (Å²) in [7, 11) is 0. The van der Waals surface area contributed by atoms with Gasteiger partial charge in [-0.2, -0.15) is 0 Å². The normalized spacial score (nSPS) is 16.1. The van der Waals surface area contributed by atoms with E-state index in [0.29, 0.717) is 46.7 Å². The third-order valence-corrected chi connectivity index (χ3v) is 13.2. The number of cyclic esters (lactones) is 1. The van der Waals surface area contributed by atoms with Gasteiger partial charge in [0.05, 0.1) is 34.6 Å². The van der Waals surface area contributed by atoms with E-state index in [0.717, 1.165) is 16.5 Å². The minimum atomic E-state index is -2.07. The lowest BCUT2D eigenvalue weighted by Crippen LogP contribution is -2.51. The second-order valence-corrected chi connectivity index (χ2v) is 17.5. The van der Waals surface area contributed by atoms with Crippen LogP contribution in [0.15, 0.2) is 65.5 Å². The van der Waals surface area contributed by atoms with Crippen LogP contribution in [0.3, 0.4) is 0 Å². The molecule has 1 unspecified atom stereocenters. The summed E-state index contributed by atoms with van der Waals surface area (Å²) in [6.45, 7) is 9.09. The average molecular weight is 955 g/mol. The van der Waals surface area contributed by atoms with Gasteiger partial charge < -0.3 is 49.2 Å². The Morgan fingerprint density at radius 3 is 2.29 bits per heavy atom. The zero-order valence-electron chi connectivity index (χ0n) is 39.1. The fourth-order valence-electron chi connectivity index (χ4n) is 9.51. The van der Waals surface area contributed by atoms with Crippen LogP contribution < -0.4 is 10.9 Å². The van der Waals surface area contributed by atoms with Crippen molar-refractivity contribution in [2.45, 2.75) is 72.1 Å². The van der Waals surface area contributed by atoms with E-state index in [2.05, 4.69) is 15.5 Å². The number of hydrogen-bond donors (Lipinski definition) is 4. The fraction of sp³-hybridized carbons (Fsp3) is 0.340. The lowest BCUT2D eigenvalue weighted by molar-refractivity contribution is -0.175. The molecule has 0 spiro atoms. The number of carbonyl (C=O) groups is 5. The highest BCUT2D eigenvalue weighted by Crippen LogP contribution is 2.43. The Kier molecular flexibility index (Phi) is 12.2. The van der Waals surface area contributed by atoms with E-state index >= 15 is 0 Å². The number of phenolic OH excluding ortho intramolecular Hbond substituents is 3. The smallest absolute Gasteiger partial charge is 0.508 e. The van der Waals surface area contributed by atoms with Crippen molar-refractivity contribution in [2.75, 3.05) is 39.3 Å². The number of hydrogen-bond acceptors (Lipinski definition) is 15. The van der Waals surface area contributed by atoms with Crippen molar-refractivity contribution >= 4 is 40.7 Å². The largest absolute Gasteiger partial charge is 0.510 e. The van der Waals surface area contributed by atoms with Crippen LogP contribution in [0.5, 0.6) is 17.2 Å². The monoisotopic (exact) mass is 954 g/mol. The topological polar surface area (TPSA) is 258 Å². The van der Waals surface area contributed by atoms with Gasteiger partial charge in [-0.25, -0.2) is 14.6 Å². The summed E-state index contributed by atoms with van der Waals surface area (Å²) >= 11 is 0. The number of aromatic hydroxyl groups is 3. The van der Waals surface area contributed by atoms with Gasteiger partial charge in [-0.3, -0.25) is 23.7 Å². The van der Waals surface area contributed by atoms with Crippen LogP contribution in [0.1, 0.15) is 95.8 Å². The molecule has 70 heavy (non-hydrogen) atoms. The number of aryl methyl sites for hydroxylation is 1. The van der Waals surface area contributed by atoms with Crippen LogP contribution in [-0.2, 0) is 49.0 Å². The molecule has 6 heterocycles. The molecule has 6 aromatic rings. The van der Waals surface area contributed by atoms with Crippen LogP contribution in [-0.4, -0.2) is 119 Å². The Hall–Kier alpha value is -8.29. The Morgan fingerprint density at radius 1 is 0.871 bits per heavy atom. The molecule has 3 aromatic heterocycles. The third kappa shape index (κ3) is 7.97. The number of aromatic nitrogens is 5. The molecule has 3 aliphatic heterocycles. The average Bonchev–Trinajstić information content (AvgIpc) is 3.96. The molecule has 3 aromatic carbocycles. The Morgan fingerprint density at radius 2 is 1.60 bits per heavy atom. The molecule has 0 saturated carbocycles. The van der Waals surface area contributed by atoms with E-state index in [9.17, 15) is 44.1 Å². The van der Waals surface area contributed by atoms with Gasteiger partial charge in [-0.05, 0) is 91.4 Å². The minimum absolute atomic E-state index is 0.0631. The summed E-state index contributed by atoms with van der Waals surface area (Å²) in [5, 5.41) is 43.4. The first kappa shape index (κ1) is 46.8. The van der Waals surface area contributed by atoms with Crippen LogP contribution in [0.25, 0.3) is 39.4 Å². The fourth-order valence-corrected chi connectivity index (χ4v) is 9.51. The molecule has 4 N–H and O–H groups in total. The lowest BCUT2D eigenvalue weighted by Gasteiger charge is -2.35. The highest BCUT2D eigenvalue weighted by Gasteiger charge is 2.51. The SMILES string of the molecule is CCNC(=O)c1nnc(-c2cc(C(C)C)c(O)cc2O)n1-c1ccc(C(=O)N2CCN(C(=O)COC(=O)OC3(CC)C(=O)OCc4c3cc3n(c4=O)Cc4c-3nc3ccc(O)cc3c4CC)CC2)cc1. The number of rotatable bonds is 11. The lowest BCUT2D eigenvalue weighted by atomic mass is 9.85. The molecule has 20 nitrogen and oxygen atoms in total. The molecule has 0 radical (unpaired) electrons. The predicted molar refractivity (Wildman–Crippen MR) is 250 cm³/mol. The van der Waals surface area contributed by atoms with Crippen molar-refractivity contribution in [3.63, 3.8) is 0 Å². The zero-order valence-corrected chi connectivity index (χ0v) is 39.1. The predicted octanol–water partition coefficient (Wildman–Crippen LogP) is 5.03. The summed E-state index contributed by atoms with van der Waals surface area (Å²) in [4.78, 5) is 89.1. The number of nitrogens with one attached hydrogen (secondary N) is 1. The number of benzene rings is 3. The number of piperazine rings is 1. The van der Waals surface area contributed by atoms with E-state index < -0.39 is 41.7 Å². The van der Waals surface area contributed by atoms with Gasteiger partial charge in [-0.1, -0.05) is 27.7 Å². The summed E-state index contributed by atoms with van der Waals surface area (Å²) < 4.78 is 19.5. The second kappa shape index (κ2) is 18.3. The first-order valence-corrected chi connectivity index (χ1v) is 23.0. The molecule has 9 rings (SSSR count). The van der Waals surface area contributed by atoms with Crippen molar-refractivity contribution in [3.8, 4) is 45.7 Å². The summed E-state index contributed by atoms with van der Waals surface area (Å²) in [6.07, 6.45) is -0.851. The number of fused-ring (bicyclic) bond motifs is 5. The van der Waals surface area contributed by atoms with Crippen molar-refractivity contribution in [1.82, 2.24) is 39.4 Å². The van der Waals surface area contributed by atoms with Crippen LogP contribution >= 0.6 is 0 Å². The maximum Gasteiger partial charge on any atom is 0.510 e. The molecule has 3 amide bonds. The molecule has 3 aliphatic rings. The number of nitrogens with zero attached hydrogens (tertiary/aromatic N) is 7. The minimum Gasteiger partial charge on any atom is -0.508 e. The number of carbonyl (C=O) groups excluding carboxylic acids is 5. The number of phenols is 3. The van der Waals surface area contributed by atoms with Gasteiger partial charge >= 0.3 is 12.1 Å².